The first-order chi connectivity index (χ1) is 11.5. The van der Waals surface area contributed by atoms with Gasteiger partial charge in [-0.1, -0.05) is 12.1 Å². The van der Waals surface area contributed by atoms with Gasteiger partial charge in [-0.15, -0.1) is 0 Å². The molecular formula is C17H19N5O2. The number of hydrogen-bond donors (Lipinski definition) is 0. The number of aryl methyl sites for hydroxylation is 3. The molecule has 0 aliphatic carbocycles. The Morgan fingerprint density at radius 2 is 1.88 bits per heavy atom. The highest BCUT2D eigenvalue weighted by Crippen LogP contribution is 2.31. The van der Waals surface area contributed by atoms with Gasteiger partial charge in [0.1, 0.15) is 0 Å². The highest BCUT2D eigenvalue weighted by molar-refractivity contribution is 5.77. The van der Waals surface area contributed by atoms with Gasteiger partial charge in [0.05, 0.1) is 0 Å². The second kappa shape index (κ2) is 5.09. The molecule has 0 atom stereocenters. The van der Waals surface area contributed by atoms with E-state index in [9.17, 15) is 9.59 Å². The van der Waals surface area contributed by atoms with Crippen LogP contribution in [0.25, 0.3) is 11.2 Å². The molecular weight excluding hydrogens is 306 g/mol. The summed E-state index contributed by atoms with van der Waals surface area (Å²) in [6.07, 6.45) is 0.915. The Kier molecular flexibility index (Phi) is 3.13. The highest BCUT2D eigenvalue weighted by atomic mass is 16.2. The first-order valence-electron chi connectivity index (χ1n) is 7.99. The van der Waals surface area contributed by atoms with Gasteiger partial charge in [-0.05, 0) is 31.0 Å². The third kappa shape index (κ3) is 1.94. The Labute approximate surface area is 138 Å². The molecule has 0 bridgehead atoms. The molecule has 3 aromatic rings. The van der Waals surface area contributed by atoms with Crippen molar-refractivity contribution >= 4 is 22.8 Å². The van der Waals surface area contributed by atoms with E-state index in [-0.39, 0.29) is 11.2 Å². The van der Waals surface area contributed by atoms with Crippen molar-refractivity contribution in [3.05, 3.63) is 50.7 Å². The van der Waals surface area contributed by atoms with Crippen LogP contribution >= 0.6 is 0 Å². The van der Waals surface area contributed by atoms with Gasteiger partial charge in [0.2, 0.25) is 5.95 Å². The van der Waals surface area contributed by atoms with E-state index in [0.717, 1.165) is 35.7 Å². The van der Waals surface area contributed by atoms with Crippen LogP contribution in [-0.2, 0) is 20.6 Å². The number of rotatable bonds is 1. The van der Waals surface area contributed by atoms with Gasteiger partial charge in [-0.3, -0.25) is 13.9 Å². The predicted molar refractivity (Wildman–Crippen MR) is 93.0 cm³/mol. The highest BCUT2D eigenvalue weighted by Gasteiger charge is 2.26. The summed E-state index contributed by atoms with van der Waals surface area (Å²) >= 11 is 0. The lowest BCUT2D eigenvalue weighted by molar-refractivity contribution is 0.600. The number of benzene rings is 1. The van der Waals surface area contributed by atoms with Crippen molar-refractivity contribution in [2.45, 2.75) is 19.9 Å². The molecule has 0 amide bonds. The van der Waals surface area contributed by atoms with Crippen molar-refractivity contribution in [1.82, 2.24) is 18.7 Å². The zero-order chi connectivity index (χ0) is 17.0. The predicted octanol–water partition coefficient (Wildman–Crippen LogP) is 1.28. The molecule has 0 radical (unpaired) electrons. The maximum Gasteiger partial charge on any atom is 0.332 e. The first-order valence-corrected chi connectivity index (χ1v) is 7.99. The zero-order valence-corrected chi connectivity index (χ0v) is 14.0. The fourth-order valence-corrected chi connectivity index (χ4v) is 3.38. The van der Waals surface area contributed by atoms with Crippen LogP contribution in [-0.4, -0.2) is 25.2 Å². The van der Waals surface area contributed by atoms with Crippen molar-refractivity contribution in [1.29, 1.82) is 0 Å². The fourth-order valence-electron chi connectivity index (χ4n) is 3.38. The minimum atomic E-state index is -0.356. The topological polar surface area (TPSA) is 65.1 Å². The van der Waals surface area contributed by atoms with Crippen molar-refractivity contribution in [2.24, 2.45) is 14.1 Å². The summed E-state index contributed by atoms with van der Waals surface area (Å²) in [7, 11) is 3.16. The van der Waals surface area contributed by atoms with Crippen LogP contribution < -0.4 is 16.1 Å². The van der Waals surface area contributed by atoms with Crippen LogP contribution in [0, 0.1) is 6.92 Å². The van der Waals surface area contributed by atoms with Gasteiger partial charge in [0.25, 0.3) is 5.56 Å². The molecule has 1 aliphatic rings. The molecule has 0 spiro atoms. The minimum absolute atomic E-state index is 0.294. The summed E-state index contributed by atoms with van der Waals surface area (Å²) in [6, 6.07) is 8.21. The third-order valence-electron chi connectivity index (χ3n) is 4.65. The van der Waals surface area contributed by atoms with E-state index < -0.39 is 0 Å². The average molecular weight is 325 g/mol. The summed E-state index contributed by atoms with van der Waals surface area (Å²) in [5, 5.41) is 0. The summed E-state index contributed by atoms with van der Waals surface area (Å²) < 4.78 is 4.52. The number of nitrogens with zero attached hydrogens (tertiary/aromatic N) is 5. The van der Waals surface area contributed by atoms with Crippen LogP contribution in [0.1, 0.15) is 12.0 Å². The Morgan fingerprint density at radius 1 is 1.08 bits per heavy atom. The van der Waals surface area contributed by atoms with Crippen molar-refractivity contribution in [2.75, 3.05) is 11.4 Å². The lowest BCUT2D eigenvalue weighted by Gasteiger charge is -2.29. The van der Waals surface area contributed by atoms with E-state index >= 15 is 0 Å². The van der Waals surface area contributed by atoms with Gasteiger partial charge in [-0.2, -0.15) is 4.98 Å². The van der Waals surface area contributed by atoms with Crippen LogP contribution in [0.15, 0.2) is 33.9 Å². The summed E-state index contributed by atoms with van der Waals surface area (Å²) in [4.78, 5) is 31.5. The molecule has 4 rings (SSSR count). The molecule has 124 valence electrons. The molecule has 0 fully saturated rings. The Bertz CT molecular complexity index is 1070. The number of aromatic nitrogens is 4. The maximum absolute atomic E-state index is 12.6. The molecule has 1 aliphatic heterocycles. The van der Waals surface area contributed by atoms with E-state index in [0.29, 0.717) is 11.2 Å². The minimum Gasteiger partial charge on any atom is -0.312 e. The summed E-state index contributed by atoms with van der Waals surface area (Å²) in [6.45, 7) is 3.61. The largest absolute Gasteiger partial charge is 0.332 e. The van der Waals surface area contributed by atoms with Crippen molar-refractivity contribution in [3.63, 3.8) is 0 Å². The van der Waals surface area contributed by atoms with Gasteiger partial charge in [0.15, 0.2) is 11.2 Å². The average Bonchev–Trinajstić information content (AvgIpc) is 2.97. The molecule has 2 aromatic heterocycles. The Morgan fingerprint density at radius 3 is 2.62 bits per heavy atom. The fraction of sp³-hybridized carbons (Fsp3) is 0.353. The lowest BCUT2D eigenvalue weighted by Crippen LogP contribution is -2.38. The van der Waals surface area contributed by atoms with Gasteiger partial charge in [-0.25, -0.2) is 4.79 Å². The third-order valence-corrected chi connectivity index (χ3v) is 4.65. The van der Waals surface area contributed by atoms with Crippen LogP contribution in [0.5, 0.6) is 0 Å². The monoisotopic (exact) mass is 325 g/mol. The molecule has 7 nitrogen and oxygen atoms in total. The number of imidazole rings is 1. The van der Waals surface area contributed by atoms with Gasteiger partial charge < -0.3 is 9.47 Å². The molecule has 0 saturated carbocycles. The van der Waals surface area contributed by atoms with Crippen molar-refractivity contribution < 1.29 is 0 Å². The first kappa shape index (κ1) is 14.7. The normalized spacial score (nSPS) is 14.2. The Hall–Kier alpha value is -2.83. The van der Waals surface area contributed by atoms with Crippen LogP contribution in [0.3, 0.4) is 0 Å². The molecule has 1 aromatic carbocycles. The quantitative estimate of drug-likeness (QED) is 0.676. The molecule has 0 saturated heterocycles. The van der Waals surface area contributed by atoms with E-state index in [1.54, 1.807) is 7.05 Å². The zero-order valence-electron chi connectivity index (χ0n) is 14.0. The molecule has 0 unspecified atom stereocenters. The van der Waals surface area contributed by atoms with Crippen LogP contribution in [0.2, 0.25) is 0 Å². The SMILES string of the molecule is Cc1cccc(N2CCCn3c2nc2c3c(=O)n(C)c(=O)n2C)c1. The second-order valence-electron chi connectivity index (χ2n) is 6.29. The smallest absolute Gasteiger partial charge is 0.312 e. The van der Waals surface area contributed by atoms with Crippen LogP contribution in [0.4, 0.5) is 11.6 Å². The second-order valence-corrected chi connectivity index (χ2v) is 6.29. The van der Waals surface area contributed by atoms with Gasteiger partial charge in [0, 0.05) is 32.9 Å². The van der Waals surface area contributed by atoms with Gasteiger partial charge >= 0.3 is 5.69 Å². The maximum atomic E-state index is 12.6. The number of fused-ring (bicyclic) bond motifs is 3. The number of hydrogen-bond acceptors (Lipinski definition) is 4. The summed E-state index contributed by atoms with van der Waals surface area (Å²) in [5.74, 6) is 0.722. The van der Waals surface area contributed by atoms with E-state index in [4.69, 9.17) is 0 Å². The van der Waals surface area contributed by atoms with E-state index in [1.165, 1.54) is 17.2 Å². The Balaban J connectivity index is 2.03. The van der Waals surface area contributed by atoms with Crippen molar-refractivity contribution in [3.8, 4) is 0 Å². The number of anilines is 2. The molecule has 3 heterocycles. The lowest BCUT2D eigenvalue weighted by atomic mass is 10.2. The molecule has 7 heteroatoms. The van der Waals surface area contributed by atoms with E-state index in [1.807, 2.05) is 16.7 Å². The molecule has 24 heavy (non-hydrogen) atoms. The van der Waals surface area contributed by atoms with E-state index in [2.05, 4.69) is 28.9 Å². The summed E-state index contributed by atoms with van der Waals surface area (Å²) in [5.41, 5.74) is 2.50. The standard InChI is InChI=1S/C17H19N5O2/c1-11-6-4-7-12(10-11)21-8-5-9-22-13-14(18-16(21)22)19(2)17(24)20(3)15(13)23/h4,6-7,10H,5,8-9H2,1-3H3. The molecule has 0 N–H and O–H groups in total.